The first kappa shape index (κ1) is 32.3. The summed E-state index contributed by atoms with van der Waals surface area (Å²) in [4.78, 5) is 9.57. The number of allylic oxidation sites excluding steroid dienone is 2. The average Bonchev–Trinajstić information content (AvgIpc) is 2.93. The number of terminal acetylenes is 1. The van der Waals surface area contributed by atoms with Crippen LogP contribution < -0.4 is 11.1 Å². The first-order chi connectivity index (χ1) is 18.3. The van der Waals surface area contributed by atoms with Crippen LogP contribution in [-0.2, 0) is 6.54 Å². The van der Waals surface area contributed by atoms with Crippen LogP contribution in [0, 0.1) is 19.3 Å². The molecule has 204 valence electrons. The van der Waals surface area contributed by atoms with E-state index in [2.05, 4.69) is 104 Å². The number of likely N-dealkylation sites (N-methyl/N-ethyl adjacent to an activating group) is 1. The predicted octanol–water partition coefficient (Wildman–Crippen LogP) is 6.85. The molecule has 0 radical (unpaired) electrons. The van der Waals surface area contributed by atoms with Gasteiger partial charge in [-0.15, -0.1) is 12.3 Å². The van der Waals surface area contributed by atoms with Crippen LogP contribution in [0.4, 0.5) is 5.69 Å². The highest BCUT2D eigenvalue weighted by atomic mass is 15.3. The topological polar surface area (TPSA) is 56.9 Å². The maximum atomic E-state index is 5.79. The lowest BCUT2D eigenvalue weighted by atomic mass is 10.0. The summed E-state index contributed by atoms with van der Waals surface area (Å²) in [7, 11) is 2.15. The molecule has 3 N–H and O–H groups in total. The molecule has 5 nitrogen and oxygen atoms in total. The van der Waals surface area contributed by atoms with E-state index in [1.807, 2.05) is 32.1 Å². The number of amidine groups is 1. The van der Waals surface area contributed by atoms with Crippen LogP contribution in [0.3, 0.4) is 0 Å². The van der Waals surface area contributed by atoms with E-state index in [0.717, 1.165) is 61.2 Å². The third kappa shape index (κ3) is 9.95. The molecule has 1 aliphatic heterocycles. The Kier molecular flexibility index (Phi) is 15.0. The molecule has 38 heavy (non-hydrogen) atoms. The van der Waals surface area contributed by atoms with Gasteiger partial charge in [-0.3, -0.25) is 4.99 Å². The van der Waals surface area contributed by atoms with Gasteiger partial charge in [0.2, 0.25) is 0 Å². The summed E-state index contributed by atoms with van der Waals surface area (Å²) in [5.74, 6) is 4.29. The fraction of sp³-hybridized carbons (Fsp3) is 0.364. The van der Waals surface area contributed by atoms with E-state index in [-0.39, 0.29) is 0 Å². The lowest BCUT2D eigenvalue weighted by Crippen LogP contribution is -2.40. The number of benzene rings is 2. The maximum absolute atomic E-state index is 5.79. The fourth-order valence-corrected chi connectivity index (χ4v) is 3.98. The molecule has 0 saturated carbocycles. The highest BCUT2D eigenvalue weighted by Crippen LogP contribution is 2.25. The summed E-state index contributed by atoms with van der Waals surface area (Å²) in [5, 5.41) is 3.63. The number of aryl methyl sites for hydroxylation is 1. The van der Waals surface area contributed by atoms with Crippen molar-refractivity contribution in [3.05, 3.63) is 95.3 Å². The maximum Gasteiger partial charge on any atom is 0.131 e. The largest absolute Gasteiger partial charge is 0.399 e. The first-order valence-electron chi connectivity index (χ1n) is 13.4. The molecule has 1 aliphatic rings. The SMILES string of the molecule is C#CC.C=C/C(C)=C1/NC(c2ccccc2C)=CC(=NCCCN(C)Cc2ccc(N)cc2)N1CC.CC. The molecule has 0 bridgehead atoms. The molecule has 0 atom stereocenters. The Hall–Kier alpha value is -3.75. The summed E-state index contributed by atoms with van der Waals surface area (Å²) in [6.07, 6.45) is 9.66. The van der Waals surface area contributed by atoms with Crippen molar-refractivity contribution < 1.29 is 0 Å². The van der Waals surface area contributed by atoms with Crippen molar-refractivity contribution in [2.75, 3.05) is 32.4 Å². The van der Waals surface area contributed by atoms with Gasteiger partial charge < -0.3 is 20.9 Å². The summed E-state index contributed by atoms with van der Waals surface area (Å²) >= 11 is 0. The zero-order valence-corrected chi connectivity index (χ0v) is 24.5. The minimum Gasteiger partial charge on any atom is -0.399 e. The molecular formula is C33H47N5. The van der Waals surface area contributed by atoms with Gasteiger partial charge in [0.25, 0.3) is 0 Å². The Labute approximate surface area is 231 Å². The van der Waals surface area contributed by atoms with Crippen LogP contribution in [0.1, 0.15) is 57.7 Å². The molecular weight excluding hydrogens is 466 g/mol. The van der Waals surface area contributed by atoms with Crippen LogP contribution >= 0.6 is 0 Å². The Bertz CT molecular complexity index is 1130. The van der Waals surface area contributed by atoms with Gasteiger partial charge in [0.1, 0.15) is 11.7 Å². The van der Waals surface area contributed by atoms with Crippen LogP contribution in [-0.4, -0.2) is 42.3 Å². The molecule has 3 rings (SSSR count). The molecule has 2 aromatic rings. The van der Waals surface area contributed by atoms with E-state index in [1.54, 1.807) is 6.92 Å². The zero-order valence-electron chi connectivity index (χ0n) is 24.5. The van der Waals surface area contributed by atoms with Crippen molar-refractivity contribution in [3.8, 4) is 12.3 Å². The van der Waals surface area contributed by atoms with Crippen molar-refractivity contribution in [2.24, 2.45) is 4.99 Å². The smallest absolute Gasteiger partial charge is 0.131 e. The Morgan fingerprint density at radius 1 is 1.18 bits per heavy atom. The quantitative estimate of drug-likeness (QED) is 0.219. The van der Waals surface area contributed by atoms with Gasteiger partial charge in [0.05, 0.1) is 5.70 Å². The third-order valence-electron chi connectivity index (χ3n) is 5.91. The third-order valence-corrected chi connectivity index (χ3v) is 5.91. The number of rotatable bonds is 9. The molecule has 1 heterocycles. The Balaban J connectivity index is 0.00000135. The van der Waals surface area contributed by atoms with E-state index in [0.29, 0.717) is 0 Å². The molecule has 0 aromatic heterocycles. The number of nitrogens with one attached hydrogen (secondary N) is 1. The number of aliphatic imine (C=N–C) groups is 1. The summed E-state index contributed by atoms with van der Waals surface area (Å²) in [6.45, 7) is 19.5. The predicted molar refractivity (Wildman–Crippen MR) is 168 cm³/mol. The fourth-order valence-electron chi connectivity index (χ4n) is 3.98. The summed E-state index contributed by atoms with van der Waals surface area (Å²) in [6, 6.07) is 16.5. The van der Waals surface area contributed by atoms with E-state index in [9.17, 15) is 0 Å². The number of hydrogen-bond acceptors (Lipinski definition) is 4. The second kappa shape index (κ2) is 17.7. The minimum atomic E-state index is 0.774. The van der Waals surface area contributed by atoms with Crippen molar-refractivity contribution >= 4 is 17.2 Å². The van der Waals surface area contributed by atoms with Gasteiger partial charge in [-0.1, -0.05) is 62.9 Å². The zero-order chi connectivity index (χ0) is 28.5. The number of nitrogens with zero attached hydrogens (tertiary/aromatic N) is 3. The van der Waals surface area contributed by atoms with Crippen molar-refractivity contribution in [1.29, 1.82) is 0 Å². The van der Waals surface area contributed by atoms with Crippen LogP contribution in [0.2, 0.25) is 0 Å². The second-order valence-electron chi connectivity index (χ2n) is 8.84. The van der Waals surface area contributed by atoms with Gasteiger partial charge in [-0.05, 0) is 76.5 Å². The highest BCUT2D eigenvalue weighted by Gasteiger charge is 2.22. The lowest BCUT2D eigenvalue weighted by molar-refractivity contribution is 0.324. The Morgan fingerprint density at radius 2 is 1.82 bits per heavy atom. The molecule has 5 heteroatoms. The molecule has 2 aromatic carbocycles. The summed E-state index contributed by atoms with van der Waals surface area (Å²) < 4.78 is 0. The van der Waals surface area contributed by atoms with Gasteiger partial charge >= 0.3 is 0 Å². The minimum absolute atomic E-state index is 0.774. The van der Waals surface area contributed by atoms with E-state index in [1.165, 1.54) is 16.7 Å². The van der Waals surface area contributed by atoms with Crippen LogP contribution in [0.25, 0.3) is 5.70 Å². The molecule has 0 amide bonds. The highest BCUT2D eigenvalue weighted by molar-refractivity contribution is 6.02. The van der Waals surface area contributed by atoms with E-state index < -0.39 is 0 Å². The number of hydrogen-bond donors (Lipinski definition) is 2. The number of nitrogens with two attached hydrogens (primary N) is 1. The molecule has 0 saturated heterocycles. The van der Waals surface area contributed by atoms with E-state index in [4.69, 9.17) is 10.7 Å². The normalized spacial score (nSPS) is 14.8. The Morgan fingerprint density at radius 3 is 2.39 bits per heavy atom. The molecule has 0 aliphatic carbocycles. The van der Waals surface area contributed by atoms with Gasteiger partial charge in [-0.2, -0.15) is 0 Å². The second-order valence-corrected chi connectivity index (χ2v) is 8.84. The standard InChI is InChI=1S/C28H37N5.C3H4.C2H6/c1-6-21(3)28-31-26(25-12-9-8-11-22(25)4)19-27(33(28)7-2)30-17-10-18-32(5)20-23-13-15-24(29)16-14-23;1-3-2;1-2/h6,8-9,11-16,19,31H,1,7,10,17-18,20,29H2,2-5H3;1H,2H3;1-2H3/b28-21-,30-27?;;. The first-order valence-corrected chi connectivity index (χ1v) is 13.4. The van der Waals surface area contributed by atoms with Crippen molar-refractivity contribution in [2.45, 2.75) is 54.5 Å². The molecule has 0 unspecified atom stereocenters. The van der Waals surface area contributed by atoms with Crippen molar-refractivity contribution in [3.63, 3.8) is 0 Å². The van der Waals surface area contributed by atoms with Crippen molar-refractivity contribution in [1.82, 2.24) is 15.1 Å². The number of nitrogen functional groups attached to an aromatic ring is 1. The van der Waals surface area contributed by atoms with Crippen LogP contribution in [0.15, 0.2) is 83.6 Å². The monoisotopic (exact) mass is 513 g/mol. The van der Waals surface area contributed by atoms with E-state index >= 15 is 0 Å². The van der Waals surface area contributed by atoms with Gasteiger partial charge in [0, 0.05) is 37.0 Å². The molecule has 0 fully saturated rings. The lowest BCUT2D eigenvalue weighted by Gasteiger charge is -2.34. The summed E-state index contributed by atoms with van der Waals surface area (Å²) in [5.41, 5.74) is 12.5. The average molecular weight is 514 g/mol. The van der Waals surface area contributed by atoms with Crippen LogP contribution in [0.5, 0.6) is 0 Å². The molecule has 0 spiro atoms. The number of anilines is 1. The van der Waals surface area contributed by atoms with Gasteiger partial charge in [-0.25, -0.2) is 0 Å². The van der Waals surface area contributed by atoms with Gasteiger partial charge in [0.15, 0.2) is 0 Å².